The number of benzene rings is 1. The van der Waals surface area contributed by atoms with Crippen LogP contribution in [0.3, 0.4) is 0 Å². The van der Waals surface area contributed by atoms with E-state index in [-0.39, 0.29) is 6.42 Å². The van der Waals surface area contributed by atoms with Crippen molar-refractivity contribution in [1.29, 1.82) is 0 Å². The molecule has 0 spiro atoms. The van der Waals surface area contributed by atoms with Crippen molar-refractivity contribution in [3.05, 3.63) is 53.0 Å². The Balaban J connectivity index is 1.89. The van der Waals surface area contributed by atoms with E-state index in [9.17, 15) is 8.78 Å². The van der Waals surface area contributed by atoms with E-state index in [1.54, 1.807) is 0 Å². The number of hydrogen-bond acceptors (Lipinski definition) is 3. The molecule has 1 aromatic heterocycles. The summed E-state index contributed by atoms with van der Waals surface area (Å²) >= 11 is 0. The summed E-state index contributed by atoms with van der Waals surface area (Å²) in [6, 6.07) is 5.57. The molecule has 1 heterocycles. The van der Waals surface area contributed by atoms with Gasteiger partial charge in [0, 0.05) is 36.7 Å². The Morgan fingerprint density at radius 3 is 2.67 bits per heavy atom. The van der Waals surface area contributed by atoms with Gasteiger partial charge in [0.25, 0.3) is 0 Å². The van der Waals surface area contributed by atoms with E-state index in [0.717, 1.165) is 37.0 Å². The third kappa shape index (κ3) is 3.35. The van der Waals surface area contributed by atoms with Crippen LogP contribution < -0.4 is 5.32 Å². The third-order valence-electron chi connectivity index (χ3n) is 3.51. The Labute approximate surface area is 122 Å². The molecule has 0 radical (unpaired) electrons. The summed E-state index contributed by atoms with van der Waals surface area (Å²) in [5.74, 6) is 0.715. The largest absolute Gasteiger partial charge is 0.370 e. The molecule has 21 heavy (non-hydrogen) atoms. The fourth-order valence-electron chi connectivity index (χ4n) is 2.29. The molecule has 1 aromatic carbocycles. The Kier molecular flexibility index (Phi) is 3.82. The Bertz CT molecular complexity index is 654. The van der Waals surface area contributed by atoms with E-state index in [0.29, 0.717) is 17.3 Å². The first-order chi connectivity index (χ1) is 10.2. The highest BCUT2D eigenvalue weighted by molar-refractivity contribution is 5.38. The molecule has 0 amide bonds. The zero-order valence-electron chi connectivity index (χ0n) is 11.9. The van der Waals surface area contributed by atoms with E-state index >= 15 is 0 Å². The fraction of sp³-hybridized carbons (Fsp3) is 0.375. The number of anilines is 1. The molecule has 1 saturated carbocycles. The second kappa shape index (κ2) is 5.76. The van der Waals surface area contributed by atoms with Crippen molar-refractivity contribution >= 4 is 5.82 Å². The maximum atomic E-state index is 13.7. The van der Waals surface area contributed by atoms with Crippen LogP contribution in [0.4, 0.5) is 14.6 Å². The SMILES string of the molecule is CCNc1cc(C2CC2)nc(Cc2ccc(F)cc2F)n1. The van der Waals surface area contributed by atoms with Crippen LogP contribution in [0.15, 0.2) is 24.3 Å². The molecule has 1 N–H and O–H groups in total. The van der Waals surface area contributed by atoms with Crippen molar-refractivity contribution in [2.75, 3.05) is 11.9 Å². The Hall–Kier alpha value is -2.04. The molecule has 3 rings (SSSR count). The smallest absolute Gasteiger partial charge is 0.135 e. The lowest BCUT2D eigenvalue weighted by Gasteiger charge is -2.09. The minimum Gasteiger partial charge on any atom is -0.370 e. The summed E-state index contributed by atoms with van der Waals surface area (Å²) in [5.41, 5.74) is 1.42. The first-order valence-corrected chi connectivity index (χ1v) is 7.21. The Morgan fingerprint density at radius 2 is 2.00 bits per heavy atom. The summed E-state index contributed by atoms with van der Waals surface area (Å²) < 4.78 is 26.7. The van der Waals surface area contributed by atoms with Crippen LogP contribution in [0, 0.1) is 11.6 Å². The minimum absolute atomic E-state index is 0.269. The molecular formula is C16H17F2N3. The van der Waals surface area contributed by atoms with Crippen molar-refractivity contribution < 1.29 is 8.78 Å². The van der Waals surface area contributed by atoms with Crippen LogP contribution >= 0.6 is 0 Å². The van der Waals surface area contributed by atoms with Crippen molar-refractivity contribution in [2.24, 2.45) is 0 Å². The van der Waals surface area contributed by atoms with Gasteiger partial charge in [-0.2, -0.15) is 0 Å². The molecule has 3 nitrogen and oxygen atoms in total. The van der Waals surface area contributed by atoms with Crippen molar-refractivity contribution in [2.45, 2.75) is 32.1 Å². The number of rotatable bonds is 5. The maximum absolute atomic E-state index is 13.7. The summed E-state index contributed by atoms with van der Waals surface area (Å²) in [6.45, 7) is 2.77. The van der Waals surface area contributed by atoms with Gasteiger partial charge in [-0.25, -0.2) is 18.7 Å². The van der Waals surface area contributed by atoms with Gasteiger partial charge in [0.2, 0.25) is 0 Å². The average molecular weight is 289 g/mol. The molecule has 2 aromatic rings. The molecule has 0 atom stereocenters. The lowest BCUT2D eigenvalue weighted by Crippen LogP contribution is -2.07. The molecule has 110 valence electrons. The second-order valence-electron chi connectivity index (χ2n) is 5.31. The van der Waals surface area contributed by atoms with Gasteiger partial charge in [0.05, 0.1) is 0 Å². The monoisotopic (exact) mass is 289 g/mol. The van der Waals surface area contributed by atoms with E-state index in [1.807, 2.05) is 13.0 Å². The topological polar surface area (TPSA) is 37.8 Å². The third-order valence-corrected chi connectivity index (χ3v) is 3.51. The molecule has 0 bridgehead atoms. The summed E-state index contributed by atoms with van der Waals surface area (Å²) in [4.78, 5) is 8.93. The van der Waals surface area contributed by atoms with Gasteiger partial charge in [-0.15, -0.1) is 0 Å². The van der Waals surface area contributed by atoms with Gasteiger partial charge in [-0.3, -0.25) is 0 Å². The van der Waals surface area contributed by atoms with Gasteiger partial charge < -0.3 is 5.32 Å². The van der Waals surface area contributed by atoms with E-state index in [2.05, 4.69) is 15.3 Å². The zero-order chi connectivity index (χ0) is 14.8. The number of halogens is 2. The fourth-order valence-corrected chi connectivity index (χ4v) is 2.29. The van der Waals surface area contributed by atoms with Gasteiger partial charge >= 0.3 is 0 Å². The Morgan fingerprint density at radius 1 is 1.19 bits per heavy atom. The van der Waals surface area contributed by atoms with Crippen LogP contribution in [0.5, 0.6) is 0 Å². The molecule has 1 aliphatic rings. The highest BCUT2D eigenvalue weighted by atomic mass is 19.1. The molecule has 0 unspecified atom stereocenters. The summed E-state index contributed by atoms with van der Waals surface area (Å²) in [6.07, 6.45) is 2.56. The van der Waals surface area contributed by atoms with E-state index in [1.165, 1.54) is 12.1 Å². The number of aromatic nitrogens is 2. The predicted molar refractivity (Wildman–Crippen MR) is 77.3 cm³/mol. The quantitative estimate of drug-likeness (QED) is 0.913. The van der Waals surface area contributed by atoms with Gasteiger partial charge in [0.15, 0.2) is 0 Å². The van der Waals surface area contributed by atoms with E-state index in [4.69, 9.17) is 0 Å². The maximum Gasteiger partial charge on any atom is 0.135 e. The summed E-state index contributed by atoms with van der Waals surface area (Å²) in [5, 5.41) is 3.18. The number of nitrogens with one attached hydrogen (secondary N) is 1. The van der Waals surface area contributed by atoms with Crippen molar-refractivity contribution in [3.63, 3.8) is 0 Å². The van der Waals surface area contributed by atoms with Crippen LogP contribution in [-0.2, 0) is 6.42 Å². The van der Waals surface area contributed by atoms with Crippen LogP contribution in [0.2, 0.25) is 0 Å². The lowest BCUT2D eigenvalue weighted by molar-refractivity contribution is 0.573. The van der Waals surface area contributed by atoms with Crippen LogP contribution in [0.1, 0.15) is 42.8 Å². The molecule has 0 saturated heterocycles. The second-order valence-corrected chi connectivity index (χ2v) is 5.31. The van der Waals surface area contributed by atoms with Crippen molar-refractivity contribution in [1.82, 2.24) is 9.97 Å². The number of nitrogens with zero attached hydrogens (tertiary/aromatic N) is 2. The first kappa shape index (κ1) is 13.9. The van der Waals surface area contributed by atoms with Gasteiger partial charge in [0.1, 0.15) is 23.3 Å². The lowest BCUT2D eigenvalue weighted by atomic mass is 10.1. The summed E-state index contributed by atoms with van der Waals surface area (Å²) in [7, 11) is 0. The molecule has 5 heteroatoms. The molecule has 0 aliphatic heterocycles. The van der Waals surface area contributed by atoms with Gasteiger partial charge in [-0.1, -0.05) is 6.07 Å². The zero-order valence-corrected chi connectivity index (χ0v) is 11.9. The number of hydrogen-bond donors (Lipinski definition) is 1. The minimum atomic E-state index is -0.572. The first-order valence-electron chi connectivity index (χ1n) is 7.21. The standard InChI is InChI=1S/C16H17F2N3/c1-2-19-15-9-14(10-3-4-10)20-16(21-15)7-11-5-6-12(17)8-13(11)18/h5-6,8-10H,2-4,7H2,1H3,(H,19,20,21). The predicted octanol–water partition coefficient (Wildman–Crippen LogP) is 3.65. The molecular weight excluding hydrogens is 272 g/mol. The van der Waals surface area contributed by atoms with Crippen molar-refractivity contribution in [3.8, 4) is 0 Å². The van der Waals surface area contributed by atoms with Crippen LogP contribution in [-0.4, -0.2) is 16.5 Å². The van der Waals surface area contributed by atoms with E-state index < -0.39 is 11.6 Å². The average Bonchev–Trinajstić information content (AvgIpc) is 3.27. The molecule has 1 fully saturated rings. The highest BCUT2D eigenvalue weighted by Crippen LogP contribution is 2.39. The normalized spacial score (nSPS) is 14.2. The highest BCUT2D eigenvalue weighted by Gasteiger charge is 2.26. The molecule has 1 aliphatic carbocycles. The van der Waals surface area contributed by atoms with Gasteiger partial charge in [-0.05, 0) is 31.4 Å². The van der Waals surface area contributed by atoms with Crippen LogP contribution in [0.25, 0.3) is 0 Å².